The van der Waals surface area contributed by atoms with Crippen molar-refractivity contribution in [2.45, 2.75) is 35.3 Å². The topological polar surface area (TPSA) is 113 Å². The molecule has 2 N–H and O–H groups in total. The molecule has 1 fully saturated rings. The van der Waals surface area contributed by atoms with Gasteiger partial charge in [-0.25, -0.2) is 18.7 Å². The smallest absolute Gasteiger partial charge is 0.414 e. The Morgan fingerprint density at radius 1 is 1.34 bits per heavy atom. The van der Waals surface area contributed by atoms with E-state index >= 15 is 0 Å². The number of benzene rings is 1. The molecule has 0 spiro atoms. The molecule has 0 saturated carbocycles. The maximum absolute atomic E-state index is 12.3. The fourth-order valence-electron chi connectivity index (χ4n) is 2.69. The molecule has 2 amide bonds. The molecule has 0 aromatic heterocycles. The first-order valence-corrected chi connectivity index (χ1v) is 11.1. The number of thioether (sulfide) groups is 1. The number of nitrogens with zero attached hydrogens (tertiary/aromatic N) is 1. The van der Waals surface area contributed by atoms with Crippen molar-refractivity contribution in [3.63, 3.8) is 0 Å². The lowest BCUT2D eigenvalue weighted by Gasteiger charge is -2.26. The zero-order valence-electron chi connectivity index (χ0n) is 15.4. The zero-order chi connectivity index (χ0) is 22.0. The van der Waals surface area contributed by atoms with Gasteiger partial charge in [-0.2, -0.15) is 13.2 Å². The molecule has 2 unspecified atom stereocenters. The number of carbonyl (C=O) groups is 2. The van der Waals surface area contributed by atoms with E-state index in [1.165, 1.54) is 34.6 Å². The Bertz CT molecular complexity index is 876. The number of hydrogen-bond acceptors (Lipinski definition) is 7. The minimum atomic E-state index is -4.30. The van der Waals surface area contributed by atoms with Crippen LogP contribution in [-0.4, -0.2) is 61.2 Å². The van der Waals surface area contributed by atoms with Gasteiger partial charge in [-0.1, -0.05) is 0 Å². The highest BCUT2D eigenvalue weighted by Gasteiger charge is 2.48. The highest BCUT2D eigenvalue weighted by molar-refractivity contribution is 7.99. The van der Waals surface area contributed by atoms with Gasteiger partial charge in [0.25, 0.3) is 5.91 Å². The molecule has 1 saturated heterocycles. The van der Waals surface area contributed by atoms with E-state index in [2.05, 4.69) is 0 Å². The van der Waals surface area contributed by atoms with Crippen LogP contribution in [-0.2, 0) is 19.4 Å². The molecular formula is C16H19F3N2O6S2. The third-order valence-corrected chi connectivity index (χ3v) is 7.51. The number of ether oxygens (including phenoxy) is 1. The zero-order valence-corrected chi connectivity index (χ0v) is 17.0. The average Bonchev–Trinajstić information content (AvgIpc) is 2.98. The number of anilines is 1. The Hall–Kier alpha value is -1.99. The summed E-state index contributed by atoms with van der Waals surface area (Å²) in [4.78, 5) is 25.6. The number of cyclic esters (lactones) is 1. The quantitative estimate of drug-likeness (QED) is 0.368. The van der Waals surface area contributed by atoms with Gasteiger partial charge in [-0.15, -0.1) is 11.8 Å². The van der Waals surface area contributed by atoms with Crippen molar-refractivity contribution in [2.24, 2.45) is 0 Å². The first-order valence-electron chi connectivity index (χ1n) is 8.19. The SMILES string of the molecule is CC(CC1CN(c2ccc(SCC(F)(F)F)cc2)C(=O)O1)(C(=O)NO)S(C)(=O)=O. The van der Waals surface area contributed by atoms with Crippen molar-refractivity contribution in [2.75, 3.05) is 23.5 Å². The number of rotatable bonds is 7. The second-order valence-electron chi connectivity index (χ2n) is 6.66. The van der Waals surface area contributed by atoms with Crippen molar-refractivity contribution in [3.05, 3.63) is 24.3 Å². The van der Waals surface area contributed by atoms with Crippen LogP contribution in [0.15, 0.2) is 29.2 Å². The van der Waals surface area contributed by atoms with Crippen LogP contribution in [0.5, 0.6) is 0 Å². The molecule has 2 rings (SSSR count). The molecule has 1 aromatic rings. The monoisotopic (exact) mass is 456 g/mol. The van der Waals surface area contributed by atoms with Crippen LogP contribution in [0.25, 0.3) is 0 Å². The van der Waals surface area contributed by atoms with Crippen LogP contribution in [0, 0.1) is 0 Å². The molecule has 1 aliphatic rings. The van der Waals surface area contributed by atoms with Crippen LogP contribution < -0.4 is 10.4 Å². The van der Waals surface area contributed by atoms with Gasteiger partial charge in [-0.3, -0.25) is 14.9 Å². The van der Waals surface area contributed by atoms with Gasteiger partial charge in [0.15, 0.2) is 14.6 Å². The lowest BCUT2D eigenvalue weighted by molar-refractivity contribution is -0.132. The second-order valence-corrected chi connectivity index (χ2v) is 10.2. The summed E-state index contributed by atoms with van der Waals surface area (Å²) in [6, 6.07) is 5.73. The highest BCUT2D eigenvalue weighted by atomic mass is 32.2. The molecule has 13 heteroatoms. The number of alkyl halides is 3. The predicted octanol–water partition coefficient (Wildman–Crippen LogP) is 2.37. The van der Waals surface area contributed by atoms with E-state index in [9.17, 15) is 31.2 Å². The van der Waals surface area contributed by atoms with Crippen LogP contribution in [0.1, 0.15) is 13.3 Å². The van der Waals surface area contributed by atoms with Gasteiger partial charge in [0.05, 0.1) is 12.3 Å². The molecular weight excluding hydrogens is 437 g/mol. The van der Waals surface area contributed by atoms with Gasteiger partial charge >= 0.3 is 12.3 Å². The summed E-state index contributed by atoms with van der Waals surface area (Å²) in [5, 5.41) is 8.86. The van der Waals surface area contributed by atoms with Crippen molar-refractivity contribution in [1.29, 1.82) is 0 Å². The molecule has 2 atom stereocenters. The summed E-state index contributed by atoms with van der Waals surface area (Å²) in [5.41, 5.74) is 1.66. The van der Waals surface area contributed by atoms with Crippen LogP contribution >= 0.6 is 11.8 Å². The van der Waals surface area contributed by atoms with Gasteiger partial charge in [-0.05, 0) is 31.2 Å². The molecule has 0 radical (unpaired) electrons. The van der Waals surface area contributed by atoms with E-state index in [1.807, 2.05) is 0 Å². The Labute approximate surface area is 169 Å². The first-order chi connectivity index (χ1) is 13.3. The molecule has 1 heterocycles. The highest BCUT2D eigenvalue weighted by Crippen LogP contribution is 2.32. The molecule has 1 aromatic carbocycles. The summed E-state index contributed by atoms with van der Waals surface area (Å²) >= 11 is 0.602. The van der Waals surface area contributed by atoms with Crippen molar-refractivity contribution < 1.29 is 41.1 Å². The van der Waals surface area contributed by atoms with E-state index < -0.39 is 44.6 Å². The summed E-state index contributed by atoms with van der Waals surface area (Å²) in [6.45, 7) is 1.04. The molecule has 0 bridgehead atoms. The lowest BCUT2D eigenvalue weighted by Crippen LogP contribution is -2.51. The maximum Gasteiger partial charge on any atom is 0.414 e. The minimum absolute atomic E-state index is 0.0717. The molecule has 1 aliphatic heterocycles. The fraction of sp³-hybridized carbons (Fsp3) is 0.500. The normalized spacial score (nSPS) is 19.6. The lowest BCUT2D eigenvalue weighted by atomic mass is 10.0. The van der Waals surface area contributed by atoms with Crippen LogP contribution in [0.3, 0.4) is 0 Å². The summed E-state index contributed by atoms with van der Waals surface area (Å²) in [6.07, 6.45) is -5.61. The Morgan fingerprint density at radius 3 is 2.41 bits per heavy atom. The molecule has 0 aliphatic carbocycles. The van der Waals surface area contributed by atoms with Crippen LogP contribution in [0.4, 0.5) is 23.7 Å². The number of amides is 2. The van der Waals surface area contributed by atoms with E-state index in [4.69, 9.17) is 9.94 Å². The number of carbonyl (C=O) groups excluding carboxylic acids is 2. The van der Waals surface area contributed by atoms with Gasteiger partial charge < -0.3 is 4.74 Å². The number of halogens is 3. The third-order valence-electron chi connectivity index (χ3n) is 4.44. The standard InChI is InChI=1S/C16H19F3N2O6S2/c1-15(13(22)20-24,29(2,25)26)7-11-8-21(14(23)27-11)10-3-5-12(6-4-10)28-9-16(17,18)19/h3-6,11,24H,7-9H2,1-2H3,(H,20,22). The largest absolute Gasteiger partial charge is 0.444 e. The van der Waals surface area contributed by atoms with Crippen molar-refractivity contribution in [1.82, 2.24) is 5.48 Å². The molecule has 162 valence electrons. The van der Waals surface area contributed by atoms with E-state index in [-0.39, 0.29) is 13.0 Å². The van der Waals surface area contributed by atoms with E-state index in [1.54, 1.807) is 0 Å². The first kappa shape index (κ1) is 23.3. The number of hydrogen-bond donors (Lipinski definition) is 2. The average molecular weight is 456 g/mol. The Kier molecular flexibility index (Phi) is 6.75. The minimum Gasteiger partial charge on any atom is -0.444 e. The van der Waals surface area contributed by atoms with Gasteiger partial charge in [0, 0.05) is 23.3 Å². The fourth-order valence-corrected chi connectivity index (χ4v) is 4.22. The summed E-state index contributed by atoms with van der Waals surface area (Å²) < 4.78 is 64.0. The number of nitrogens with one attached hydrogen (secondary N) is 1. The molecule has 8 nitrogen and oxygen atoms in total. The summed E-state index contributed by atoms with van der Waals surface area (Å²) in [7, 11) is -3.96. The van der Waals surface area contributed by atoms with Crippen molar-refractivity contribution in [3.8, 4) is 0 Å². The third kappa shape index (κ3) is 5.54. The second kappa shape index (κ2) is 8.40. The predicted molar refractivity (Wildman–Crippen MR) is 98.6 cm³/mol. The maximum atomic E-state index is 12.3. The van der Waals surface area contributed by atoms with Crippen LogP contribution in [0.2, 0.25) is 0 Å². The summed E-state index contributed by atoms with van der Waals surface area (Å²) in [5.74, 6) is -2.20. The van der Waals surface area contributed by atoms with E-state index in [0.29, 0.717) is 22.3 Å². The van der Waals surface area contributed by atoms with Crippen molar-refractivity contribution >= 4 is 39.3 Å². The Morgan fingerprint density at radius 2 is 1.93 bits per heavy atom. The number of sulfone groups is 1. The Balaban J connectivity index is 2.11. The van der Waals surface area contributed by atoms with Gasteiger partial charge in [0.2, 0.25) is 0 Å². The van der Waals surface area contributed by atoms with E-state index in [0.717, 1.165) is 13.2 Å². The number of hydroxylamine groups is 1. The molecule has 29 heavy (non-hydrogen) atoms. The van der Waals surface area contributed by atoms with Gasteiger partial charge in [0.1, 0.15) is 6.10 Å².